The fourth-order valence-electron chi connectivity index (χ4n) is 6.23. The van der Waals surface area contributed by atoms with Crippen molar-refractivity contribution in [1.29, 1.82) is 0 Å². The molecule has 0 saturated carbocycles. The van der Waals surface area contributed by atoms with Gasteiger partial charge in [0.05, 0.1) is 12.2 Å². The molecule has 0 amide bonds. The van der Waals surface area contributed by atoms with E-state index in [2.05, 4.69) is 31.2 Å². The molecule has 0 atom stereocenters. The number of benzene rings is 4. The summed E-state index contributed by atoms with van der Waals surface area (Å²) in [6.45, 7) is 2.92. The van der Waals surface area contributed by atoms with E-state index in [0.717, 1.165) is 55.4 Å². The van der Waals surface area contributed by atoms with E-state index in [4.69, 9.17) is 16.2 Å². The van der Waals surface area contributed by atoms with E-state index in [-0.39, 0.29) is 11.3 Å². The van der Waals surface area contributed by atoms with Crippen molar-refractivity contribution in [2.75, 3.05) is 18.1 Å². The summed E-state index contributed by atoms with van der Waals surface area (Å²) in [5, 5.41) is 9.44. The molecule has 0 radical (unpaired) electrons. The number of nitrogen functional groups attached to an aromatic ring is 2. The van der Waals surface area contributed by atoms with Crippen molar-refractivity contribution in [3.63, 3.8) is 0 Å². The maximum absolute atomic E-state index is 12.8. The normalized spacial score (nSPS) is 11.2. The minimum Gasteiger partial charge on any atom is -0.494 e. The van der Waals surface area contributed by atoms with Crippen molar-refractivity contribution in [2.45, 2.75) is 96.8 Å². The molecule has 6 heteroatoms. The molecule has 0 aliphatic heterocycles. The SMILES string of the molecule is CCCCCc1ccc(-c2ccc(C(=O)/C=C/c3ccc(OCCCCCCCCCCCc4c(N)cc(N)cc4C(=O)O)cc3)cc2)cc1. The highest BCUT2D eigenvalue weighted by Crippen LogP contribution is 2.25. The van der Waals surface area contributed by atoms with Gasteiger partial charge in [-0.25, -0.2) is 4.79 Å². The molecule has 0 unspecified atom stereocenters. The molecule has 0 fully saturated rings. The zero-order valence-corrected chi connectivity index (χ0v) is 29.7. The third-order valence-corrected chi connectivity index (χ3v) is 9.21. The highest BCUT2D eigenvalue weighted by molar-refractivity contribution is 6.07. The first-order chi connectivity index (χ1) is 24.3. The largest absolute Gasteiger partial charge is 0.494 e. The topological polar surface area (TPSA) is 116 Å². The van der Waals surface area contributed by atoms with Crippen LogP contribution in [0.15, 0.2) is 91.0 Å². The minimum atomic E-state index is -0.979. The Bertz CT molecular complexity index is 1660. The number of carbonyl (C=O) groups is 2. The number of rotatable bonds is 22. The van der Waals surface area contributed by atoms with Gasteiger partial charge in [-0.15, -0.1) is 0 Å². The molecule has 0 saturated heterocycles. The number of aromatic carboxylic acids is 1. The van der Waals surface area contributed by atoms with Crippen molar-refractivity contribution in [2.24, 2.45) is 0 Å². The third kappa shape index (κ3) is 12.6. The van der Waals surface area contributed by atoms with Crippen LogP contribution in [0.2, 0.25) is 0 Å². The molecule has 4 rings (SSSR count). The summed E-state index contributed by atoms with van der Waals surface area (Å²) in [5.74, 6) is -0.152. The summed E-state index contributed by atoms with van der Waals surface area (Å²) in [6.07, 6.45) is 19.1. The van der Waals surface area contributed by atoms with Gasteiger partial charge < -0.3 is 21.3 Å². The molecule has 0 bridgehead atoms. The van der Waals surface area contributed by atoms with Crippen molar-refractivity contribution in [3.8, 4) is 16.9 Å². The fraction of sp³-hybridized carbons (Fsp3) is 0.364. The number of carboxylic acids is 1. The summed E-state index contributed by atoms with van der Waals surface area (Å²) in [6, 6.07) is 27.6. The first-order valence-electron chi connectivity index (χ1n) is 18.4. The van der Waals surface area contributed by atoms with Crippen LogP contribution >= 0.6 is 0 Å². The number of hydrogen-bond acceptors (Lipinski definition) is 5. The summed E-state index contributed by atoms with van der Waals surface area (Å²) in [7, 11) is 0. The van der Waals surface area contributed by atoms with E-state index in [1.807, 2.05) is 54.6 Å². The highest BCUT2D eigenvalue weighted by atomic mass is 16.5. The zero-order valence-electron chi connectivity index (χ0n) is 29.7. The standard InChI is InChI=1S/C44H54N2O4/c1-2-3-11-14-33-16-21-35(22-17-33)36-23-25-37(26-24-36)43(47)29-20-34-18-27-39(28-19-34)50-30-13-10-8-6-4-5-7-9-12-15-40-41(44(48)49)31-38(45)32-42(40)46/h16-29,31-32H,2-15,30,45-46H2,1H3,(H,48,49)/b29-20+. The molecule has 264 valence electrons. The summed E-state index contributed by atoms with van der Waals surface area (Å²) in [4.78, 5) is 24.3. The number of carboxylic acid groups (broad SMARTS) is 1. The second-order valence-corrected chi connectivity index (χ2v) is 13.2. The molecule has 0 heterocycles. The maximum atomic E-state index is 12.8. The van der Waals surface area contributed by atoms with Crippen LogP contribution in [0.5, 0.6) is 5.75 Å². The summed E-state index contributed by atoms with van der Waals surface area (Å²) < 4.78 is 5.93. The lowest BCUT2D eigenvalue weighted by atomic mass is 9.98. The molecule has 4 aromatic carbocycles. The smallest absolute Gasteiger partial charge is 0.336 e. The Labute approximate surface area is 298 Å². The van der Waals surface area contributed by atoms with E-state index in [0.29, 0.717) is 35.5 Å². The number of ether oxygens (including phenoxy) is 1. The number of aryl methyl sites for hydroxylation is 1. The lowest BCUT2D eigenvalue weighted by molar-refractivity contribution is 0.0695. The Hall–Kier alpha value is -4.84. The number of hydrogen-bond donors (Lipinski definition) is 3. The molecule has 5 N–H and O–H groups in total. The average Bonchev–Trinajstić information content (AvgIpc) is 3.12. The zero-order chi connectivity index (χ0) is 35.6. The second kappa shape index (κ2) is 20.6. The molecule has 50 heavy (non-hydrogen) atoms. The van der Waals surface area contributed by atoms with Crippen molar-refractivity contribution < 1.29 is 19.4 Å². The first kappa shape index (κ1) is 38.0. The van der Waals surface area contributed by atoms with Crippen molar-refractivity contribution in [1.82, 2.24) is 0 Å². The number of carbonyl (C=O) groups excluding carboxylic acids is 1. The third-order valence-electron chi connectivity index (χ3n) is 9.21. The van der Waals surface area contributed by atoms with Crippen LogP contribution in [0.3, 0.4) is 0 Å². The van der Waals surface area contributed by atoms with E-state index in [9.17, 15) is 14.7 Å². The van der Waals surface area contributed by atoms with Gasteiger partial charge in [0.25, 0.3) is 0 Å². The van der Waals surface area contributed by atoms with Crippen LogP contribution in [0.4, 0.5) is 11.4 Å². The molecular formula is C44H54N2O4. The Balaban J connectivity index is 1.05. The van der Waals surface area contributed by atoms with Crippen LogP contribution in [-0.4, -0.2) is 23.5 Å². The lowest BCUT2D eigenvalue weighted by Gasteiger charge is -2.11. The van der Waals surface area contributed by atoms with Crippen LogP contribution in [0, 0.1) is 0 Å². The van der Waals surface area contributed by atoms with E-state index in [1.165, 1.54) is 62.1 Å². The number of anilines is 2. The Morgan fingerprint density at radius 1 is 0.680 bits per heavy atom. The van der Waals surface area contributed by atoms with E-state index < -0.39 is 5.97 Å². The molecule has 0 aliphatic carbocycles. The van der Waals surface area contributed by atoms with Gasteiger partial charge in [0.1, 0.15) is 5.75 Å². The van der Waals surface area contributed by atoms with Crippen LogP contribution < -0.4 is 16.2 Å². The van der Waals surface area contributed by atoms with Crippen molar-refractivity contribution >= 4 is 29.2 Å². The Morgan fingerprint density at radius 3 is 1.88 bits per heavy atom. The van der Waals surface area contributed by atoms with E-state index in [1.54, 1.807) is 12.1 Å². The molecule has 4 aromatic rings. The maximum Gasteiger partial charge on any atom is 0.336 e. The van der Waals surface area contributed by atoms with Gasteiger partial charge in [-0.2, -0.15) is 0 Å². The molecule has 0 aliphatic rings. The van der Waals surface area contributed by atoms with Gasteiger partial charge in [0, 0.05) is 16.9 Å². The van der Waals surface area contributed by atoms with Crippen molar-refractivity contribution in [3.05, 3.63) is 119 Å². The van der Waals surface area contributed by atoms with Crippen LogP contribution in [-0.2, 0) is 12.8 Å². The van der Waals surface area contributed by atoms with E-state index >= 15 is 0 Å². The number of allylic oxidation sites excluding steroid dienone is 1. The molecular weight excluding hydrogens is 620 g/mol. The molecule has 6 nitrogen and oxygen atoms in total. The second-order valence-electron chi connectivity index (χ2n) is 13.2. The average molecular weight is 675 g/mol. The van der Waals surface area contributed by atoms with Gasteiger partial charge in [-0.1, -0.05) is 131 Å². The van der Waals surface area contributed by atoms with Gasteiger partial charge in [0.15, 0.2) is 5.78 Å². The number of nitrogens with two attached hydrogens (primary N) is 2. The number of unbranched alkanes of at least 4 members (excludes halogenated alkanes) is 10. The fourth-order valence-corrected chi connectivity index (χ4v) is 6.23. The Morgan fingerprint density at radius 2 is 1.26 bits per heavy atom. The van der Waals surface area contributed by atoms with Gasteiger partial charge in [-0.3, -0.25) is 4.79 Å². The van der Waals surface area contributed by atoms with Gasteiger partial charge in [0.2, 0.25) is 0 Å². The molecule has 0 aromatic heterocycles. The predicted molar refractivity (Wildman–Crippen MR) is 208 cm³/mol. The van der Waals surface area contributed by atoms with Gasteiger partial charge in [-0.05, 0) is 90.3 Å². The summed E-state index contributed by atoms with van der Waals surface area (Å²) >= 11 is 0. The Kier molecular flexibility index (Phi) is 15.7. The highest BCUT2D eigenvalue weighted by Gasteiger charge is 2.14. The molecule has 0 spiro atoms. The lowest BCUT2D eigenvalue weighted by Crippen LogP contribution is -2.07. The minimum absolute atomic E-state index is 0.0146. The van der Waals surface area contributed by atoms with Gasteiger partial charge >= 0.3 is 5.97 Å². The predicted octanol–water partition coefficient (Wildman–Crippen LogP) is 11.0. The quantitative estimate of drug-likeness (QED) is 0.0331. The summed E-state index contributed by atoms with van der Waals surface area (Å²) in [5.41, 5.74) is 18.8. The van der Waals surface area contributed by atoms with Crippen LogP contribution in [0.1, 0.15) is 121 Å². The monoisotopic (exact) mass is 674 g/mol. The number of ketones is 1. The first-order valence-corrected chi connectivity index (χ1v) is 18.4. The van der Waals surface area contributed by atoms with Crippen LogP contribution in [0.25, 0.3) is 17.2 Å².